The zero-order valence-corrected chi connectivity index (χ0v) is 14.5. The van der Waals surface area contributed by atoms with Crippen LogP contribution in [0.15, 0.2) is 18.5 Å². The second kappa shape index (κ2) is 6.43. The van der Waals surface area contributed by atoms with E-state index in [1.54, 1.807) is 11.4 Å². The van der Waals surface area contributed by atoms with E-state index >= 15 is 0 Å². The SMILES string of the molecule is Cc1cc(N2CCN(c3cc(C(F)F)nc(C)n3)CC2)n2ncnc2n1. The molecule has 1 saturated heterocycles. The maximum absolute atomic E-state index is 13.0. The Hall–Kier alpha value is -2.91. The molecule has 0 aliphatic carbocycles. The van der Waals surface area contributed by atoms with Crippen molar-refractivity contribution in [3.63, 3.8) is 0 Å². The van der Waals surface area contributed by atoms with Gasteiger partial charge in [-0.1, -0.05) is 0 Å². The van der Waals surface area contributed by atoms with Gasteiger partial charge >= 0.3 is 0 Å². The molecule has 0 unspecified atom stereocenters. The fourth-order valence-corrected chi connectivity index (χ4v) is 3.15. The second-order valence-corrected chi connectivity index (χ2v) is 6.20. The fourth-order valence-electron chi connectivity index (χ4n) is 3.15. The van der Waals surface area contributed by atoms with Crippen molar-refractivity contribution in [1.29, 1.82) is 0 Å². The third-order valence-corrected chi connectivity index (χ3v) is 4.36. The third-order valence-electron chi connectivity index (χ3n) is 4.36. The Morgan fingerprint density at radius 2 is 1.69 bits per heavy atom. The van der Waals surface area contributed by atoms with Crippen LogP contribution >= 0.6 is 0 Å². The zero-order valence-electron chi connectivity index (χ0n) is 14.5. The highest BCUT2D eigenvalue weighted by atomic mass is 19.3. The van der Waals surface area contributed by atoms with E-state index in [0.29, 0.717) is 43.6 Å². The summed E-state index contributed by atoms with van der Waals surface area (Å²) in [6, 6.07) is 3.35. The molecule has 0 spiro atoms. The number of aromatic nitrogens is 6. The minimum atomic E-state index is -2.60. The smallest absolute Gasteiger partial charge is 0.280 e. The van der Waals surface area contributed by atoms with Crippen molar-refractivity contribution in [2.45, 2.75) is 20.3 Å². The first kappa shape index (κ1) is 16.6. The van der Waals surface area contributed by atoms with Gasteiger partial charge < -0.3 is 9.80 Å². The molecule has 1 aliphatic heterocycles. The molecule has 0 N–H and O–H groups in total. The van der Waals surface area contributed by atoms with Crippen LogP contribution in [-0.4, -0.2) is 55.7 Å². The summed E-state index contributed by atoms with van der Waals surface area (Å²) in [5, 5.41) is 4.24. The van der Waals surface area contributed by atoms with E-state index in [9.17, 15) is 8.78 Å². The highest BCUT2D eigenvalue weighted by Crippen LogP contribution is 2.23. The number of hydrogen-bond acceptors (Lipinski definition) is 7. The summed E-state index contributed by atoms with van der Waals surface area (Å²) in [5.74, 6) is 2.39. The van der Waals surface area contributed by atoms with E-state index in [1.807, 2.05) is 17.9 Å². The predicted molar refractivity (Wildman–Crippen MR) is 91.7 cm³/mol. The van der Waals surface area contributed by atoms with Crippen molar-refractivity contribution in [3.05, 3.63) is 35.7 Å². The first-order valence-corrected chi connectivity index (χ1v) is 8.32. The first-order chi connectivity index (χ1) is 12.5. The molecule has 0 saturated carbocycles. The number of fused-ring (bicyclic) bond motifs is 1. The lowest BCUT2D eigenvalue weighted by atomic mass is 10.2. The van der Waals surface area contributed by atoms with Gasteiger partial charge in [0.1, 0.15) is 29.5 Å². The molecule has 0 radical (unpaired) electrons. The normalized spacial score (nSPS) is 15.3. The molecule has 1 fully saturated rings. The molecule has 8 nitrogen and oxygen atoms in total. The van der Waals surface area contributed by atoms with E-state index in [2.05, 4.69) is 29.9 Å². The van der Waals surface area contributed by atoms with Gasteiger partial charge in [-0.2, -0.15) is 14.6 Å². The number of alkyl halides is 2. The Kier molecular flexibility index (Phi) is 4.09. The number of anilines is 2. The molecular weight excluding hydrogens is 342 g/mol. The van der Waals surface area contributed by atoms with E-state index in [4.69, 9.17) is 0 Å². The Morgan fingerprint density at radius 1 is 0.962 bits per heavy atom. The van der Waals surface area contributed by atoms with Crippen molar-refractivity contribution >= 4 is 17.4 Å². The third kappa shape index (κ3) is 3.02. The maximum atomic E-state index is 13.0. The van der Waals surface area contributed by atoms with Gasteiger partial charge in [-0.25, -0.2) is 23.7 Å². The van der Waals surface area contributed by atoms with E-state index in [-0.39, 0.29) is 5.69 Å². The Labute approximate surface area is 148 Å². The molecule has 4 rings (SSSR count). The molecule has 0 aromatic carbocycles. The summed E-state index contributed by atoms with van der Waals surface area (Å²) in [5.41, 5.74) is 0.639. The predicted octanol–water partition coefficient (Wildman–Crippen LogP) is 1.80. The highest BCUT2D eigenvalue weighted by Gasteiger charge is 2.22. The zero-order chi connectivity index (χ0) is 18.3. The van der Waals surface area contributed by atoms with Crippen LogP contribution in [-0.2, 0) is 0 Å². The van der Waals surface area contributed by atoms with Crippen LogP contribution in [0.25, 0.3) is 5.78 Å². The molecule has 3 aromatic rings. The van der Waals surface area contributed by atoms with Gasteiger partial charge in [0.25, 0.3) is 12.2 Å². The van der Waals surface area contributed by atoms with Crippen molar-refractivity contribution in [1.82, 2.24) is 29.5 Å². The number of halogens is 2. The average molecular weight is 360 g/mol. The molecular formula is C16H18F2N8. The number of aryl methyl sites for hydroxylation is 2. The van der Waals surface area contributed by atoms with Crippen LogP contribution < -0.4 is 9.80 Å². The van der Waals surface area contributed by atoms with Gasteiger partial charge in [-0.3, -0.25) is 0 Å². The minimum absolute atomic E-state index is 0.232. The summed E-state index contributed by atoms with van der Waals surface area (Å²) >= 11 is 0. The summed E-state index contributed by atoms with van der Waals surface area (Å²) < 4.78 is 27.7. The summed E-state index contributed by atoms with van der Waals surface area (Å²) in [6.07, 6.45) is -1.12. The topological polar surface area (TPSA) is 75.3 Å². The van der Waals surface area contributed by atoms with Gasteiger partial charge in [0.2, 0.25) is 0 Å². The molecule has 4 heterocycles. The van der Waals surface area contributed by atoms with E-state index in [0.717, 1.165) is 11.5 Å². The number of nitrogens with zero attached hydrogens (tertiary/aromatic N) is 8. The molecule has 26 heavy (non-hydrogen) atoms. The molecule has 0 atom stereocenters. The van der Waals surface area contributed by atoms with Crippen molar-refractivity contribution in [3.8, 4) is 0 Å². The van der Waals surface area contributed by atoms with Gasteiger partial charge in [0.05, 0.1) is 0 Å². The van der Waals surface area contributed by atoms with Crippen LogP contribution in [0.5, 0.6) is 0 Å². The summed E-state index contributed by atoms with van der Waals surface area (Å²) in [6.45, 7) is 6.31. The molecule has 3 aromatic heterocycles. The van der Waals surface area contributed by atoms with E-state index in [1.165, 1.54) is 12.4 Å². The Balaban J connectivity index is 1.55. The summed E-state index contributed by atoms with van der Waals surface area (Å²) in [7, 11) is 0. The summed E-state index contributed by atoms with van der Waals surface area (Å²) in [4.78, 5) is 20.8. The monoisotopic (exact) mass is 360 g/mol. The standard InChI is InChI=1S/C16H18F2N8/c1-10-7-14(26-16(21-10)19-9-20-26)25-5-3-24(4-6-25)13-8-12(15(17)18)22-11(2)23-13/h7-9,15H,3-6H2,1-2H3. The highest BCUT2D eigenvalue weighted by molar-refractivity contribution is 5.50. The lowest BCUT2D eigenvalue weighted by Crippen LogP contribution is -2.47. The quantitative estimate of drug-likeness (QED) is 0.705. The Morgan fingerprint density at radius 3 is 2.42 bits per heavy atom. The fraction of sp³-hybridized carbons (Fsp3) is 0.438. The lowest BCUT2D eigenvalue weighted by Gasteiger charge is -2.36. The number of rotatable bonds is 3. The molecule has 10 heteroatoms. The largest absolute Gasteiger partial charge is 0.353 e. The lowest BCUT2D eigenvalue weighted by molar-refractivity contribution is 0.145. The van der Waals surface area contributed by atoms with Crippen LogP contribution in [0.1, 0.15) is 23.6 Å². The van der Waals surface area contributed by atoms with Gasteiger partial charge in [0.15, 0.2) is 0 Å². The van der Waals surface area contributed by atoms with Crippen molar-refractivity contribution < 1.29 is 8.78 Å². The van der Waals surface area contributed by atoms with Crippen molar-refractivity contribution in [2.24, 2.45) is 0 Å². The minimum Gasteiger partial charge on any atom is -0.353 e. The van der Waals surface area contributed by atoms with Crippen molar-refractivity contribution in [2.75, 3.05) is 36.0 Å². The molecule has 0 bridgehead atoms. The number of hydrogen-bond donors (Lipinski definition) is 0. The van der Waals surface area contributed by atoms with Gasteiger partial charge in [-0.05, 0) is 13.8 Å². The Bertz CT molecular complexity index is 933. The van der Waals surface area contributed by atoms with Gasteiger partial charge in [-0.15, -0.1) is 0 Å². The molecule has 0 amide bonds. The first-order valence-electron chi connectivity index (χ1n) is 8.32. The van der Waals surface area contributed by atoms with Crippen LogP contribution in [0.4, 0.5) is 20.4 Å². The second-order valence-electron chi connectivity index (χ2n) is 6.20. The van der Waals surface area contributed by atoms with Crippen LogP contribution in [0.2, 0.25) is 0 Å². The molecule has 1 aliphatic rings. The number of piperazine rings is 1. The average Bonchev–Trinajstić information content (AvgIpc) is 3.09. The van der Waals surface area contributed by atoms with E-state index < -0.39 is 6.43 Å². The van der Waals surface area contributed by atoms with Crippen LogP contribution in [0.3, 0.4) is 0 Å². The van der Waals surface area contributed by atoms with Crippen LogP contribution in [0, 0.1) is 13.8 Å². The maximum Gasteiger partial charge on any atom is 0.280 e. The van der Waals surface area contributed by atoms with Gasteiger partial charge in [0, 0.05) is 44.0 Å². The molecule has 136 valence electrons.